The molecule has 0 aliphatic carbocycles. The van der Waals surface area contributed by atoms with E-state index < -0.39 is 17.5 Å². The van der Waals surface area contributed by atoms with Gasteiger partial charge in [0, 0.05) is 6.61 Å². The Bertz CT molecular complexity index is 395. The van der Waals surface area contributed by atoms with Gasteiger partial charge in [-0.15, -0.1) is 0 Å². The van der Waals surface area contributed by atoms with Crippen molar-refractivity contribution in [1.29, 1.82) is 0 Å². The van der Waals surface area contributed by atoms with Gasteiger partial charge in [-0.25, -0.2) is 4.39 Å². The van der Waals surface area contributed by atoms with E-state index in [1.807, 2.05) is 20.8 Å². The molecule has 0 aromatic heterocycles. The topological polar surface area (TPSA) is 38.7 Å². The van der Waals surface area contributed by atoms with Crippen LogP contribution in [0, 0.1) is 5.82 Å². The van der Waals surface area contributed by atoms with Crippen molar-refractivity contribution in [3.05, 3.63) is 29.6 Å². The van der Waals surface area contributed by atoms with Crippen molar-refractivity contribution in [2.24, 2.45) is 0 Å². The lowest BCUT2D eigenvalue weighted by atomic mass is 9.90. The second-order valence-electron chi connectivity index (χ2n) is 4.40. The van der Waals surface area contributed by atoms with E-state index in [1.54, 1.807) is 6.07 Å². The van der Waals surface area contributed by atoms with E-state index >= 15 is 0 Å². The summed E-state index contributed by atoms with van der Waals surface area (Å²) in [6.07, 6.45) is -0.238. The van der Waals surface area contributed by atoms with Crippen molar-refractivity contribution in [1.82, 2.24) is 0 Å². The van der Waals surface area contributed by atoms with E-state index in [9.17, 15) is 9.50 Å². The molecular formula is C14H21FO3. The van der Waals surface area contributed by atoms with Crippen LogP contribution in [0.3, 0.4) is 0 Å². The van der Waals surface area contributed by atoms with Gasteiger partial charge in [-0.1, -0.05) is 13.0 Å². The smallest absolute Gasteiger partial charge is 0.165 e. The van der Waals surface area contributed by atoms with Crippen molar-refractivity contribution in [3.8, 4) is 5.75 Å². The molecule has 2 unspecified atom stereocenters. The average Bonchev–Trinajstić information content (AvgIpc) is 2.37. The Morgan fingerprint density at radius 2 is 2.06 bits per heavy atom. The zero-order valence-corrected chi connectivity index (χ0v) is 11.4. The molecular weight excluding hydrogens is 235 g/mol. The molecule has 4 heteroatoms. The second kappa shape index (κ2) is 6.16. The van der Waals surface area contributed by atoms with Crippen LogP contribution in [0.15, 0.2) is 18.2 Å². The summed E-state index contributed by atoms with van der Waals surface area (Å²) < 4.78 is 24.1. The highest BCUT2D eigenvalue weighted by Gasteiger charge is 2.33. The lowest BCUT2D eigenvalue weighted by Crippen LogP contribution is -2.35. The molecule has 0 aliphatic heterocycles. The third-order valence-electron chi connectivity index (χ3n) is 3.25. The lowest BCUT2D eigenvalue weighted by Gasteiger charge is -2.33. The van der Waals surface area contributed by atoms with E-state index in [-0.39, 0.29) is 5.75 Å². The largest absolute Gasteiger partial charge is 0.494 e. The normalized spacial score (nSPS) is 16.1. The molecule has 0 heterocycles. The van der Waals surface area contributed by atoms with E-state index in [2.05, 4.69) is 0 Å². The number of hydrogen-bond donors (Lipinski definition) is 1. The lowest BCUT2D eigenvalue weighted by molar-refractivity contribution is -0.113. The maximum Gasteiger partial charge on any atom is 0.165 e. The van der Waals surface area contributed by atoms with Gasteiger partial charge in [0.15, 0.2) is 11.6 Å². The van der Waals surface area contributed by atoms with E-state index in [4.69, 9.17) is 9.47 Å². The molecule has 0 fully saturated rings. The molecule has 0 saturated heterocycles. The van der Waals surface area contributed by atoms with Gasteiger partial charge in [0.2, 0.25) is 0 Å². The van der Waals surface area contributed by atoms with Gasteiger partial charge in [0.1, 0.15) is 6.10 Å². The number of benzene rings is 1. The fourth-order valence-electron chi connectivity index (χ4n) is 1.91. The van der Waals surface area contributed by atoms with Crippen molar-refractivity contribution < 1.29 is 19.0 Å². The monoisotopic (exact) mass is 256 g/mol. The third kappa shape index (κ3) is 3.00. The summed E-state index contributed by atoms with van der Waals surface area (Å²) in [6, 6.07) is 4.45. The molecule has 0 radical (unpaired) electrons. The van der Waals surface area contributed by atoms with Crippen LogP contribution in [-0.2, 0) is 4.74 Å². The van der Waals surface area contributed by atoms with Crippen LogP contribution < -0.4 is 4.74 Å². The fourth-order valence-corrected chi connectivity index (χ4v) is 1.91. The summed E-state index contributed by atoms with van der Waals surface area (Å²) in [5, 5.41) is 10.3. The zero-order chi connectivity index (χ0) is 13.8. The van der Waals surface area contributed by atoms with Gasteiger partial charge in [0.05, 0.1) is 12.7 Å². The van der Waals surface area contributed by atoms with Crippen molar-refractivity contribution in [2.75, 3.05) is 13.7 Å². The molecule has 0 spiro atoms. The minimum atomic E-state index is -0.872. The first-order valence-electron chi connectivity index (χ1n) is 6.14. The van der Waals surface area contributed by atoms with E-state index in [1.165, 1.54) is 19.2 Å². The Balaban J connectivity index is 3.02. The Kier molecular flexibility index (Phi) is 5.11. The quantitative estimate of drug-likeness (QED) is 0.850. The number of ether oxygens (including phenoxy) is 2. The van der Waals surface area contributed by atoms with Crippen LogP contribution in [-0.4, -0.2) is 24.4 Å². The van der Waals surface area contributed by atoms with Crippen LogP contribution in [0.1, 0.15) is 38.9 Å². The second-order valence-corrected chi connectivity index (χ2v) is 4.40. The van der Waals surface area contributed by atoms with Gasteiger partial charge < -0.3 is 14.6 Å². The maximum absolute atomic E-state index is 13.6. The Hall–Kier alpha value is -1.13. The van der Waals surface area contributed by atoms with Gasteiger partial charge in [-0.3, -0.25) is 0 Å². The minimum Gasteiger partial charge on any atom is -0.494 e. The predicted octanol–water partition coefficient (Wildman–Crippen LogP) is 3.07. The molecule has 2 atom stereocenters. The van der Waals surface area contributed by atoms with Gasteiger partial charge >= 0.3 is 0 Å². The van der Waals surface area contributed by atoms with Gasteiger partial charge in [-0.2, -0.15) is 0 Å². The Labute approximate surface area is 108 Å². The van der Waals surface area contributed by atoms with Crippen molar-refractivity contribution >= 4 is 0 Å². The molecule has 1 aromatic rings. The van der Waals surface area contributed by atoms with Crippen LogP contribution in [0.5, 0.6) is 5.75 Å². The summed E-state index contributed by atoms with van der Waals surface area (Å²) in [6.45, 7) is 6.12. The summed E-state index contributed by atoms with van der Waals surface area (Å²) >= 11 is 0. The molecule has 0 bridgehead atoms. The molecule has 1 rings (SSSR count). The van der Waals surface area contributed by atoms with Crippen LogP contribution in [0.4, 0.5) is 4.39 Å². The van der Waals surface area contributed by atoms with Crippen molar-refractivity contribution in [3.63, 3.8) is 0 Å². The average molecular weight is 256 g/mol. The van der Waals surface area contributed by atoms with Crippen molar-refractivity contribution in [2.45, 2.75) is 38.9 Å². The number of hydrogen-bond acceptors (Lipinski definition) is 3. The fraction of sp³-hybridized carbons (Fsp3) is 0.571. The summed E-state index contributed by atoms with van der Waals surface area (Å²) in [7, 11) is 1.41. The highest BCUT2D eigenvalue weighted by molar-refractivity contribution is 5.31. The number of methoxy groups -OCH3 is 1. The Morgan fingerprint density at radius 1 is 1.39 bits per heavy atom. The van der Waals surface area contributed by atoms with Crippen LogP contribution in [0.25, 0.3) is 0 Å². The molecule has 102 valence electrons. The molecule has 1 N–H and O–H groups in total. The Morgan fingerprint density at radius 3 is 2.50 bits per heavy atom. The molecule has 18 heavy (non-hydrogen) atoms. The van der Waals surface area contributed by atoms with Crippen LogP contribution in [0.2, 0.25) is 0 Å². The highest BCUT2D eigenvalue weighted by Crippen LogP contribution is 2.33. The molecule has 0 saturated carbocycles. The highest BCUT2D eigenvalue weighted by atomic mass is 19.1. The molecule has 3 nitrogen and oxygen atoms in total. The minimum absolute atomic E-state index is 0.167. The first-order valence-corrected chi connectivity index (χ1v) is 6.14. The number of aliphatic hydroxyl groups is 1. The summed E-state index contributed by atoms with van der Waals surface area (Å²) in [5.74, 6) is -0.315. The first-order chi connectivity index (χ1) is 8.48. The molecule has 0 amide bonds. The number of halogens is 1. The van der Waals surface area contributed by atoms with Crippen LogP contribution >= 0.6 is 0 Å². The number of aliphatic hydroxyl groups excluding tert-OH is 1. The van der Waals surface area contributed by atoms with E-state index in [0.717, 1.165) is 0 Å². The first kappa shape index (κ1) is 14.9. The zero-order valence-electron chi connectivity index (χ0n) is 11.4. The third-order valence-corrected chi connectivity index (χ3v) is 3.25. The SMILES string of the molecule is CCOC(C)(CC)C(O)c1ccc(OC)c(F)c1. The van der Waals surface area contributed by atoms with E-state index in [0.29, 0.717) is 18.6 Å². The number of rotatable bonds is 6. The van der Waals surface area contributed by atoms with Gasteiger partial charge in [0.25, 0.3) is 0 Å². The predicted molar refractivity (Wildman–Crippen MR) is 68.2 cm³/mol. The molecule has 0 aliphatic rings. The standard InChI is InChI=1S/C14H21FO3/c1-5-14(3,18-6-2)13(16)10-7-8-12(17-4)11(15)9-10/h7-9,13,16H,5-6H2,1-4H3. The summed E-state index contributed by atoms with van der Waals surface area (Å²) in [5.41, 5.74) is -0.221. The maximum atomic E-state index is 13.6. The van der Waals surface area contributed by atoms with Gasteiger partial charge in [-0.05, 0) is 38.0 Å². The summed E-state index contributed by atoms with van der Waals surface area (Å²) in [4.78, 5) is 0. The molecule has 1 aromatic carbocycles.